The Morgan fingerprint density at radius 3 is 2.58 bits per heavy atom. The highest BCUT2D eigenvalue weighted by Crippen LogP contribution is 2.37. The maximum atomic E-state index is 11.9. The van der Waals surface area contributed by atoms with E-state index in [2.05, 4.69) is 19.2 Å². The van der Waals surface area contributed by atoms with Gasteiger partial charge in [-0.1, -0.05) is 44.2 Å². The lowest BCUT2D eigenvalue weighted by Gasteiger charge is -2.15. The van der Waals surface area contributed by atoms with Crippen molar-refractivity contribution in [1.82, 2.24) is 4.98 Å². The lowest BCUT2D eigenvalue weighted by molar-refractivity contribution is -0.141. The second kappa shape index (κ2) is 10.3. The highest BCUT2D eigenvalue weighted by Gasteiger charge is 2.22. The predicted molar refractivity (Wildman–Crippen MR) is 125 cm³/mol. The number of aliphatic carboxylic acids is 1. The van der Waals surface area contributed by atoms with Crippen LogP contribution in [0.4, 0.5) is 5.13 Å². The van der Waals surface area contributed by atoms with Gasteiger partial charge in [0, 0.05) is 17.0 Å². The molecular formula is C24H28N2O4S. The van der Waals surface area contributed by atoms with Gasteiger partial charge in [0.15, 0.2) is 5.13 Å². The number of thiazole rings is 1. The van der Waals surface area contributed by atoms with Crippen molar-refractivity contribution in [2.75, 3.05) is 26.1 Å². The lowest BCUT2D eigenvalue weighted by atomic mass is 9.98. The summed E-state index contributed by atoms with van der Waals surface area (Å²) in [6.07, 6.45) is 0.373. The van der Waals surface area contributed by atoms with Crippen LogP contribution in [0.5, 0.6) is 11.5 Å². The number of carbonyl (C=O) groups is 1. The van der Waals surface area contributed by atoms with E-state index < -0.39 is 11.9 Å². The van der Waals surface area contributed by atoms with E-state index in [-0.39, 0.29) is 12.5 Å². The second-order valence-corrected chi connectivity index (χ2v) is 8.58. The molecule has 164 valence electrons. The number of benzene rings is 2. The molecule has 0 aliphatic heterocycles. The maximum absolute atomic E-state index is 11.9. The third-order valence-corrected chi connectivity index (χ3v) is 6.34. The van der Waals surface area contributed by atoms with Crippen molar-refractivity contribution in [3.63, 3.8) is 0 Å². The second-order valence-electron chi connectivity index (χ2n) is 7.55. The topological polar surface area (TPSA) is 80.7 Å². The molecule has 0 spiro atoms. The summed E-state index contributed by atoms with van der Waals surface area (Å²) in [5, 5.41) is 13.7. The van der Waals surface area contributed by atoms with Gasteiger partial charge in [0.25, 0.3) is 0 Å². The number of anilines is 1. The summed E-state index contributed by atoms with van der Waals surface area (Å²) in [6, 6.07) is 15.3. The summed E-state index contributed by atoms with van der Waals surface area (Å²) in [5.41, 5.74) is 2.76. The number of ether oxygens (including phenoxy) is 2. The van der Waals surface area contributed by atoms with Gasteiger partial charge in [-0.05, 0) is 36.1 Å². The summed E-state index contributed by atoms with van der Waals surface area (Å²) < 4.78 is 10.7. The van der Waals surface area contributed by atoms with E-state index in [9.17, 15) is 9.90 Å². The van der Waals surface area contributed by atoms with Crippen molar-refractivity contribution in [2.24, 2.45) is 5.92 Å². The summed E-state index contributed by atoms with van der Waals surface area (Å²) in [7, 11) is 3.24. The van der Waals surface area contributed by atoms with Crippen LogP contribution in [0.15, 0.2) is 48.5 Å². The van der Waals surface area contributed by atoms with Crippen LogP contribution in [0.25, 0.3) is 11.3 Å². The molecule has 2 N–H and O–H groups in total. The Morgan fingerprint density at radius 1 is 1.13 bits per heavy atom. The Balaban J connectivity index is 1.80. The molecule has 31 heavy (non-hydrogen) atoms. The van der Waals surface area contributed by atoms with E-state index in [0.29, 0.717) is 17.3 Å². The first-order valence-corrected chi connectivity index (χ1v) is 11.0. The molecule has 1 unspecified atom stereocenters. The number of aromatic nitrogens is 1. The Labute approximate surface area is 186 Å². The average Bonchev–Trinajstić information content (AvgIpc) is 3.21. The van der Waals surface area contributed by atoms with Crippen LogP contribution in [0.3, 0.4) is 0 Å². The van der Waals surface area contributed by atoms with E-state index in [1.807, 2.05) is 48.5 Å². The molecule has 0 saturated carbocycles. The van der Waals surface area contributed by atoms with Crippen LogP contribution in [-0.4, -0.2) is 36.8 Å². The summed E-state index contributed by atoms with van der Waals surface area (Å²) in [4.78, 5) is 17.8. The largest absolute Gasteiger partial charge is 0.497 e. The summed E-state index contributed by atoms with van der Waals surface area (Å²) >= 11 is 1.56. The van der Waals surface area contributed by atoms with Crippen LogP contribution in [0.1, 0.15) is 30.2 Å². The molecule has 2 aromatic carbocycles. The minimum Gasteiger partial charge on any atom is -0.497 e. The van der Waals surface area contributed by atoms with Gasteiger partial charge in [0.1, 0.15) is 11.5 Å². The Hall–Kier alpha value is -3.06. The maximum Gasteiger partial charge on any atom is 0.308 e. The van der Waals surface area contributed by atoms with E-state index in [4.69, 9.17) is 14.5 Å². The Kier molecular flexibility index (Phi) is 7.52. The van der Waals surface area contributed by atoms with Gasteiger partial charge in [0.05, 0.1) is 25.8 Å². The van der Waals surface area contributed by atoms with Gasteiger partial charge >= 0.3 is 5.97 Å². The highest BCUT2D eigenvalue weighted by molar-refractivity contribution is 7.16. The zero-order chi connectivity index (χ0) is 22.4. The minimum atomic E-state index is -0.855. The molecule has 6 nitrogen and oxygen atoms in total. The first kappa shape index (κ1) is 22.6. The van der Waals surface area contributed by atoms with Crippen molar-refractivity contribution in [1.29, 1.82) is 0 Å². The van der Waals surface area contributed by atoms with E-state index in [1.54, 1.807) is 25.6 Å². The lowest BCUT2D eigenvalue weighted by Crippen LogP contribution is -2.25. The Morgan fingerprint density at radius 2 is 1.90 bits per heavy atom. The smallest absolute Gasteiger partial charge is 0.308 e. The molecule has 0 fully saturated rings. The van der Waals surface area contributed by atoms with Gasteiger partial charge in [-0.2, -0.15) is 0 Å². The van der Waals surface area contributed by atoms with Gasteiger partial charge in [0.2, 0.25) is 0 Å². The first-order valence-electron chi connectivity index (χ1n) is 10.2. The molecule has 1 heterocycles. The van der Waals surface area contributed by atoms with Crippen molar-refractivity contribution in [3.05, 3.63) is 59.0 Å². The molecule has 3 aromatic rings. The van der Waals surface area contributed by atoms with Gasteiger partial charge in [-0.3, -0.25) is 4.79 Å². The number of nitrogens with zero attached hydrogens (tertiary/aromatic N) is 1. The predicted octanol–water partition coefficient (Wildman–Crippen LogP) is 5.31. The number of carboxylic acids is 1. The van der Waals surface area contributed by atoms with Crippen LogP contribution in [-0.2, 0) is 11.2 Å². The van der Waals surface area contributed by atoms with Crippen LogP contribution in [0, 0.1) is 5.92 Å². The molecule has 0 radical (unpaired) electrons. The quantitative estimate of drug-likeness (QED) is 0.445. The zero-order valence-electron chi connectivity index (χ0n) is 18.2. The third kappa shape index (κ3) is 5.55. The Bertz CT molecular complexity index is 1030. The fourth-order valence-corrected chi connectivity index (χ4v) is 4.37. The first-order chi connectivity index (χ1) is 14.9. The van der Waals surface area contributed by atoms with Crippen LogP contribution >= 0.6 is 11.3 Å². The number of para-hydroxylation sites is 1. The third-order valence-electron chi connectivity index (χ3n) is 5.03. The normalized spacial score (nSPS) is 11.9. The molecule has 0 aliphatic rings. The molecule has 0 bridgehead atoms. The number of nitrogens with one attached hydrogen (secondary N) is 1. The number of rotatable bonds is 10. The zero-order valence-corrected chi connectivity index (χ0v) is 19.0. The van der Waals surface area contributed by atoms with Gasteiger partial charge in [-0.15, -0.1) is 11.3 Å². The molecule has 3 rings (SSSR count). The number of hydrogen-bond donors (Lipinski definition) is 2. The van der Waals surface area contributed by atoms with Crippen LogP contribution in [0.2, 0.25) is 0 Å². The van der Waals surface area contributed by atoms with E-state index in [0.717, 1.165) is 27.4 Å². The van der Waals surface area contributed by atoms with Crippen LogP contribution < -0.4 is 14.8 Å². The number of carboxylic acid groups (broad SMARTS) is 1. The van der Waals surface area contributed by atoms with Crippen molar-refractivity contribution in [3.8, 4) is 22.8 Å². The molecule has 1 aromatic heterocycles. The molecule has 7 heteroatoms. The molecule has 0 saturated heterocycles. The summed E-state index contributed by atoms with van der Waals surface area (Å²) in [5.74, 6) is 0.302. The van der Waals surface area contributed by atoms with Gasteiger partial charge in [-0.25, -0.2) is 4.98 Å². The minimum absolute atomic E-state index is 0.274. The monoisotopic (exact) mass is 440 g/mol. The van der Waals surface area contributed by atoms with Crippen molar-refractivity contribution >= 4 is 22.4 Å². The molecule has 0 aliphatic carbocycles. The fraction of sp³-hybridized carbons (Fsp3) is 0.333. The number of hydrogen-bond acceptors (Lipinski definition) is 6. The van der Waals surface area contributed by atoms with E-state index in [1.165, 1.54) is 0 Å². The highest BCUT2D eigenvalue weighted by atomic mass is 32.1. The average molecular weight is 441 g/mol. The summed E-state index contributed by atoms with van der Waals surface area (Å²) in [6.45, 7) is 4.53. The van der Waals surface area contributed by atoms with Crippen molar-refractivity contribution < 1.29 is 19.4 Å². The molecule has 0 amide bonds. The molecule has 1 atom stereocenters. The standard InChI is InChI=1S/C24H28N2O4S/c1-15(2)22-21(17-9-7-10-19(13-17)29-3)26-24(31-22)25-14-18(23(27)28)12-16-8-5-6-11-20(16)30-4/h5-11,13,15,18H,12,14H2,1-4H3,(H,25,26)(H,27,28). The number of methoxy groups -OCH3 is 2. The van der Waals surface area contributed by atoms with Crippen molar-refractivity contribution in [2.45, 2.75) is 26.2 Å². The molecular weight excluding hydrogens is 412 g/mol. The van der Waals surface area contributed by atoms with Gasteiger partial charge < -0.3 is 19.9 Å². The SMILES string of the molecule is COc1cccc(-c2nc(NCC(Cc3ccccc3OC)C(=O)O)sc2C(C)C)c1. The fourth-order valence-electron chi connectivity index (χ4n) is 3.37. The van der Waals surface area contributed by atoms with E-state index >= 15 is 0 Å².